The number of carbonyl (C=O) groups is 1. The summed E-state index contributed by atoms with van der Waals surface area (Å²) in [5.74, 6) is -0.251. The Morgan fingerprint density at radius 3 is 2.43 bits per heavy atom. The number of hydroxylamine groups is 2. The van der Waals surface area contributed by atoms with Crippen molar-refractivity contribution in [3.05, 3.63) is 40.6 Å². The van der Waals surface area contributed by atoms with Gasteiger partial charge in [-0.15, -0.1) is 0 Å². The van der Waals surface area contributed by atoms with E-state index in [4.69, 9.17) is 19.0 Å². The highest BCUT2D eigenvalue weighted by Gasteiger charge is 2.56. The molecule has 30 heavy (non-hydrogen) atoms. The molecule has 1 saturated carbocycles. The van der Waals surface area contributed by atoms with Crippen LogP contribution in [0, 0.1) is 13.8 Å². The lowest BCUT2D eigenvalue weighted by molar-refractivity contribution is -0.286. The van der Waals surface area contributed by atoms with Crippen LogP contribution in [0.1, 0.15) is 56.2 Å². The van der Waals surface area contributed by atoms with Crippen LogP contribution < -0.4 is 0 Å². The topological polar surface area (TPSA) is 77.5 Å². The van der Waals surface area contributed by atoms with Crippen LogP contribution in [0.3, 0.4) is 0 Å². The van der Waals surface area contributed by atoms with Crippen LogP contribution in [0.4, 0.5) is 0 Å². The number of rotatable bonds is 8. The summed E-state index contributed by atoms with van der Waals surface area (Å²) >= 11 is 0. The molecule has 1 amide bonds. The zero-order chi connectivity index (χ0) is 21.9. The number of amides is 1. The molecule has 1 spiro atoms. The molecule has 3 rings (SSSR count). The summed E-state index contributed by atoms with van der Waals surface area (Å²) in [6, 6.07) is 5.84. The number of ether oxygens (including phenoxy) is 3. The normalized spacial score (nSPS) is 25.4. The molecule has 1 fully saturated rings. The number of methoxy groups -OCH3 is 1. The summed E-state index contributed by atoms with van der Waals surface area (Å²) in [4.78, 5) is 19.4. The van der Waals surface area contributed by atoms with Gasteiger partial charge in [-0.3, -0.25) is 4.79 Å². The van der Waals surface area contributed by atoms with Gasteiger partial charge >= 0.3 is 0 Å². The maximum absolute atomic E-state index is 13.5. The third kappa shape index (κ3) is 4.12. The van der Waals surface area contributed by atoms with Gasteiger partial charge < -0.3 is 19.3 Å². The van der Waals surface area contributed by atoms with E-state index in [0.717, 1.165) is 16.7 Å². The molecule has 1 aliphatic heterocycles. The van der Waals surface area contributed by atoms with E-state index in [2.05, 4.69) is 0 Å². The minimum absolute atomic E-state index is 0.0241. The molecular weight excluding hydrogens is 386 g/mol. The van der Waals surface area contributed by atoms with E-state index in [0.29, 0.717) is 37.9 Å². The van der Waals surface area contributed by atoms with Gasteiger partial charge in [0, 0.05) is 13.7 Å². The van der Waals surface area contributed by atoms with Gasteiger partial charge in [0.15, 0.2) is 6.29 Å². The standard InChI is InChI=1S/C23H33NO6/c1-6-28-14-29-18-10-12-23(13-11-18)21(25)20(19-15(2)8-7-9-16(19)3)22(26)24(23)30-17(4)27-5/h7-9,17-18,25H,6,10-14H2,1-5H3. The predicted octanol–water partition coefficient (Wildman–Crippen LogP) is 4.03. The Bertz CT molecular complexity index is 777. The van der Waals surface area contributed by atoms with Gasteiger partial charge in [-0.1, -0.05) is 18.2 Å². The van der Waals surface area contributed by atoms with Gasteiger partial charge in [-0.25, -0.2) is 9.90 Å². The number of hydrogen-bond acceptors (Lipinski definition) is 6. The quantitative estimate of drug-likeness (QED) is 0.506. The molecule has 7 nitrogen and oxygen atoms in total. The van der Waals surface area contributed by atoms with Crippen molar-refractivity contribution in [2.24, 2.45) is 0 Å². The Morgan fingerprint density at radius 1 is 1.23 bits per heavy atom. The Morgan fingerprint density at radius 2 is 1.87 bits per heavy atom. The summed E-state index contributed by atoms with van der Waals surface area (Å²) in [6.45, 7) is 8.40. The lowest BCUT2D eigenvalue weighted by Gasteiger charge is -2.42. The first-order chi connectivity index (χ1) is 14.4. The molecule has 7 heteroatoms. The summed E-state index contributed by atoms with van der Waals surface area (Å²) in [5, 5.41) is 12.8. The SMILES string of the molecule is CCOCOC1CCC2(CC1)C(O)=C(c1c(C)cccc1C)C(=O)N2OC(C)OC. The third-order valence-electron chi connectivity index (χ3n) is 6.13. The van der Waals surface area contributed by atoms with Crippen molar-refractivity contribution in [2.75, 3.05) is 20.5 Å². The molecule has 1 atom stereocenters. The van der Waals surface area contributed by atoms with Crippen LogP contribution >= 0.6 is 0 Å². The van der Waals surface area contributed by atoms with Crippen molar-refractivity contribution in [1.82, 2.24) is 5.06 Å². The number of hydrogen-bond donors (Lipinski definition) is 1. The maximum atomic E-state index is 13.5. The van der Waals surface area contributed by atoms with Crippen molar-refractivity contribution >= 4 is 11.5 Å². The molecule has 0 saturated heterocycles. The van der Waals surface area contributed by atoms with Crippen LogP contribution in [-0.2, 0) is 23.8 Å². The van der Waals surface area contributed by atoms with Crippen molar-refractivity contribution in [3.63, 3.8) is 0 Å². The van der Waals surface area contributed by atoms with Gasteiger partial charge in [-0.2, -0.15) is 0 Å². The van der Waals surface area contributed by atoms with E-state index >= 15 is 0 Å². The van der Waals surface area contributed by atoms with E-state index < -0.39 is 11.8 Å². The highest BCUT2D eigenvalue weighted by Crippen LogP contribution is 2.49. The molecule has 0 bridgehead atoms. The molecule has 1 heterocycles. The van der Waals surface area contributed by atoms with E-state index in [9.17, 15) is 9.90 Å². The van der Waals surface area contributed by atoms with Crippen LogP contribution in [0.25, 0.3) is 5.57 Å². The van der Waals surface area contributed by atoms with Crippen molar-refractivity contribution in [2.45, 2.75) is 71.3 Å². The molecule has 1 unspecified atom stereocenters. The third-order valence-corrected chi connectivity index (χ3v) is 6.13. The largest absolute Gasteiger partial charge is 0.509 e. The molecule has 1 aromatic rings. The first-order valence-corrected chi connectivity index (χ1v) is 10.6. The van der Waals surface area contributed by atoms with Crippen LogP contribution in [0.2, 0.25) is 0 Å². The molecule has 1 aromatic carbocycles. The van der Waals surface area contributed by atoms with E-state index in [1.165, 1.54) is 12.2 Å². The highest BCUT2D eigenvalue weighted by atomic mass is 16.8. The second-order valence-electron chi connectivity index (χ2n) is 8.01. The summed E-state index contributed by atoms with van der Waals surface area (Å²) < 4.78 is 16.3. The fourth-order valence-electron chi connectivity index (χ4n) is 4.40. The Hall–Kier alpha value is -1.93. The van der Waals surface area contributed by atoms with Crippen LogP contribution in [-0.4, -0.2) is 54.5 Å². The number of nitrogens with zero attached hydrogens (tertiary/aromatic N) is 1. The number of benzene rings is 1. The zero-order valence-corrected chi connectivity index (χ0v) is 18.6. The molecule has 166 valence electrons. The maximum Gasteiger partial charge on any atom is 0.282 e. The molecule has 1 aliphatic carbocycles. The van der Waals surface area contributed by atoms with Gasteiger partial charge in [0.05, 0.1) is 11.7 Å². The number of aliphatic hydroxyl groups excluding tert-OH is 1. The van der Waals surface area contributed by atoms with Crippen LogP contribution in [0.15, 0.2) is 24.0 Å². The zero-order valence-electron chi connectivity index (χ0n) is 18.6. The molecule has 2 aliphatic rings. The Kier molecular flexibility index (Phi) is 7.18. The smallest absolute Gasteiger partial charge is 0.282 e. The molecule has 0 radical (unpaired) electrons. The fraction of sp³-hybridized carbons (Fsp3) is 0.609. The summed E-state index contributed by atoms with van der Waals surface area (Å²) in [5.41, 5.74) is 2.05. The fourth-order valence-corrected chi connectivity index (χ4v) is 4.40. The summed E-state index contributed by atoms with van der Waals surface area (Å²) in [6.07, 6.45) is 1.84. The van der Waals surface area contributed by atoms with E-state index in [1.807, 2.05) is 39.0 Å². The molecule has 1 N–H and O–H groups in total. The second-order valence-corrected chi connectivity index (χ2v) is 8.01. The minimum atomic E-state index is -0.917. The van der Waals surface area contributed by atoms with Crippen molar-refractivity contribution in [1.29, 1.82) is 0 Å². The number of carbonyl (C=O) groups excluding carboxylic acids is 1. The monoisotopic (exact) mass is 419 g/mol. The molecule has 0 aromatic heterocycles. The lowest BCUT2D eigenvalue weighted by atomic mass is 9.78. The minimum Gasteiger partial charge on any atom is -0.509 e. The summed E-state index contributed by atoms with van der Waals surface area (Å²) in [7, 11) is 1.52. The van der Waals surface area contributed by atoms with E-state index in [1.54, 1.807) is 6.92 Å². The first-order valence-electron chi connectivity index (χ1n) is 10.6. The molecular formula is C23H33NO6. The number of aryl methyl sites for hydroxylation is 2. The Balaban J connectivity index is 1.96. The van der Waals surface area contributed by atoms with Gasteiger partial charge in [-0.05, 0) is 70.1 Å². The van der Waals surface area contributed by atoms with Crippen molar-refractivity contribution in [3.8, 4) is 0 Å². The van der Waals surface area contributed by atoms with Gasteiger partial charge in [0.2, 0.25) is 0 Å². The lowest BCUT2D eigenvalue weighted by Crippen LogP contribution is -2.52. The average Bonchev–Trinajstić information content (AvgIpc) is 2.91. The van der Waals surface area contributed by atoms with Crippen LogP contribution in [0.5, 0.6) is 0 Å². The van der Waals surface area contributed by atoms with Gasteiger partial charge in [0.25, 0.3) is 5.91 Å². The number of aliphatic hydroxyl groups is 1. The predicted molar refractivity (Wildman–Crippen MR) is 112 cm³/mol. The van der Waals surface area contributed by atoms with Crippen molar-refractivity contribution < 1.29 is 28.9 Å². The average molecular weight is 420 g/mol. The van der Waals surface area contributed by atoms with Gasteiger partial charge in [0.1, 0.15) is 18.1 Å². The highest BCUT2D eigenvalue weighted by molar-refractivity contribution is 6.23. The Labute approximate surface area is 178 Å². The second kappa shape index (κ2) is 9.47. The first kappa shape index (κ1) is 22.7. The van der Waals surface area contributed by atoms with E-state index in [-0.39, 0.29) is 24.6 Å².